The number of rotatable bonds is 4. The van der Waals surface area contributed by atoms with E-state index in [2.05, 4.69) is 5.32 Å². The molecule has 4 rings (SSSR count). The van der Waals surface area contributed by atoms with Gasteiger partial charge in [-0.3, -0.25) is 4.79 Å². The first-order valence-corrected chi connectivity index (χ1v) is 9.19. The Bertz CT molecular complexity index is 956. The van der Waals surface area contributed by atoms with Crippen molar-refractivity contribution in [2.75, 3.05) is 23.3 Å². The third-order valence-electron chi connectivity index (χ3n) is 4.88. The van der Waals surface area contributed by atoms with E-state index in [0.717, 1.165) is 35.2 Å². The molecule has 0 aromatic heterocycles. The summed E-state index contributed by atoms with van der Waals surface area (Å²) in [7, 11) is 0. The zero-order valence-electron chi connectivity index (χ0n) is 15.0. The van der Waals surface area contributed by atoms with E-state index >= 15 is 0 Å². The highest BCUT2D eigenvalue weighted by Gasteiger charge is 2.22. The highest BCUT2D eigenvalue weighted by Crippen LogP contribution is 2.30. The number of amides is 1. The summed E-state index contributed by atoms with van der Waals surface area (Å²) < 4.78 is 14.3. The van der Waals surface area contributed by atoms with E-state index in [1.54, 1.807) is 6.07 Å². The van der Waals surface area contributed by atoms with Crippen LogP contribution < -0.4 is 10.2 Å². The van der Waals surface area contributed by atoms with Gasteiger partial charge in [-0.05, 0) is 36.1 Å². The van der Waals surface area contributed by atoms with Gasteiger partial charge in [0.2, 0.25) is 5.91 Å². The number of para-hydroxylation sites is 2. The lowest BCUT2D eigenvalue weighted by molar-refractivity contribution is -0.115. The summed E-state index contributed by atoms with van der Waals surface area (Å²) in [5, 5.41) is 3.00. The van der Waals surface area contributed by atoms with Gasteiger partial charge in [0.15, 0.2) is 0 Å². The van der Waals surface area contributed by atoms with Crippen molar-refractivity contribution in [3.05, 3.63) is 84.2 Å². The number of carbonyl (C=O) groups is 1. The minimum Gasteiger partial charge on any atom is -0.360 e. The first kappa shape index (κ1) is 17.3. The lowest BCUT2D eigenvalue weighted by atomic mass is 10.0. The Kier molecular flexibility index (Phi) is 4.88. The SMILES string of the molecule is O=C(CN1CCCc2cccc(F)c21)Nc1ccccc1-c1ccccc1. The molecule has 1 N–H and O–H groups in total. The van der Waals surface area contributed by atoms with Crippen LogP contribution in [0.3, 0.4) is 0 Å². The van der Waals surface area contributed by atoms with Gasteiger partial charge in [-0.1, -0.05) is 60.7 Å². The molecule has 1 aliphatic rings. The molecule has 3 nitrogen and oxygen atoms in total. The minimum atomic E-state index is -0.260. The van der Waals surface area contributed by atoms with Crippen LogP contribution in [-0.2, 0) is 11.2 Å². The molecule has 27 heavy (non-hydrogen) atoms. The fourth-order valence-electron chi connectivity index (χ4n) is 3.67. The van der Waals surface area contributed by atoms with Crippen LogP contribution in [-0.4, -0.2) is 19.0 Å². The van der Waals surface area contributed by atoms with Gasteiger partial charge in [0, 0.05) is 17.8 Å². The van der Waals surface area contributed by atoms with Crippen LogP contribution in [0.1, 0.15) is 12.0 Å². The highest BCUT2D eigenvalue weighted by molar-refractivity contribution is 5.98. The standard InChI is InChI=1S/C23H21FN2O/c24-20-13-6-10-18-11-7-15-26(23(18)20)16-22(27)25-21-14-5-4-12-19(21)17-8-2-1-3-9-17/h1-6,8-10,12-14H,7,11,15-16H2,(H,25,27). The summed E-state index contributed by atoms with van der Waals surface area (Å²) in [4.78, 5) is 14.6. The van der Waals surface area contributed by atoms with Crippen LogP contribution in [0, 0.1) is 5.82 Å². The van der Waals surface area contributed by atoms with Crippen LogP contribution in [0.25, 0.3) is 11.1 Å². The normalized spacial score (nSPS) is 13.1. The smallest absolute Gasteiger partial charge is 0.243 e. The van der Waals surface area contributed by atoms with E-state index in [1.807, 2.05) is 65.6 Å². The van der Waals surface area contributed by atoms with Gasteiger partial charge < -0.3 is 10.2 Å². The number of nitrogens with one attached hydrogen (secondary N) is 1. The number of hydrogen-bond donors (Lipinski definition) is 1. The summed E-state index contributed by atoms with van der Waals surface area (Å²) in [6, 6.07) is 22.8. The summed E-state index contributed by atoms with van der Waals surface area (Å²) in [6.45, 7) is 0.818. The summed E-state index contributed by atoms with van der Waals surface area (Å²) in [5.74, 6) is -0.404. The molecule has 3 aromatic carbocycles. The third kappa shape index (κ3) is 3.70. The number of aryl methyl sites for hydroxylation is 1. The molecule has 0 spiro atoms. The largest absolute Gasteiger partial charge is 0.360 e. The van der Waals surface area contributed by atoms with Crippen molar-refractivity contribution in [3.63, 3.8) is 0 Å². The molecule has 0 aliphatic carbocycles. The van der Waals surface area contributed by atoms with Gasteiger partial charge in [0.05, 0.1) is 12.2 Å². The van der Waals surface area contributed by atoms with Crippen molar-refractivity contribution in [2.45, 2.75) is 12.8 Å². The molecule has 0 unspecified atom stereocenters. The highest BCUT2D eigenvalue weighted by atomic mass is 19.1. The summed E-state index contributed by atoms with van der Waals surface area (Å²) >= 11 is 0. The second-order valence-corrected chi connectivity index (χ2v) is 6.73. The lowest BCUT2D eigenvalue weighted by Gasteiger charge is -2.31. The van der Waals surface area contributed by atoms with E-state index in [1.165, 1.54) is 6.07 Å². The van der Waals surface area contributed by atoms with Gasteiger partial charge in [0.1, 0.15) is 5.82 Å². The first-order valence-electron chi connectivity index (χ1n) is 9.19. The van der Waals surface area contributed by atoms with Crippen LogP contribution in [0.5, 0.6) is 0 Å². The fourth-order valence-corrected chi connectivity index (χ4v) is 3.67. The van der Waals surface area contributed by atoms with Gasteiger partial charge in [0.25, 0.3) is 0 Å². The molecular weight excluding hydrogens is 339 g/mol. The van der Waals surface area contributed by atoms with Crippen molar-refractivity contribution in [2.24, 2.45) is 0 Å². The van der Waals surface area contributed by atoms with Gasteiger partial charge in [-0.2, -0.15) is 0 Å². The number of carbonyl (C=O) groups excluding carboxylic acids is 1. The molecule has 3 aromatic rings. The molecule has 0 radical (unpaired) electrons. The van der Waals surface area contributed by atoms with Crippen molar-refractivity contribution in [1.29, 1.82) is 0 Å². The van der Waals surface area contributed by atoms with Gasteiger partial charge in [-0.15, -0.1) is 0 Å². The molecule has 0 fully saturated rings. The van der Waals surface area contributed by atoms with E-state index in [9.17, 15) is 9.18 Å². The van der Waals surface area contributed by atoms with Crippen LogP contribution in [0.4, 0.5) is 15.8 Å². The first-order chi connectivity index (χ1) is 13.2. The van der Waals surface area contributed by atoms with E-state index in [-0.39, 0.29) is 18.3 Å². The zero-order chi connectivity index (χ0) is 18.6. The Morgan fingerprint density at radius 3 is 2.59 bits per heavy atom. The van der Waals surface area contributed by atoms with E-state index in [0.29, 0.717) is 12.2 Å². The van der Waals surface area contributed by atoms with Crippen LogP contribution in [0.2, 0.25) is 0 Å². The Hall–Kier alpha value is -3.14. The second-order valence-electron chi connectivity index (χ2n) is 6.73. The van der Waals surface area contributed by atoms with Gasteiger partial charge >= 0.3 is 0 Å². The van der Waals surface area contributed by atoms with Gasteiger partial charge in [-0.25, -0.2) is 4.39 Å². The van der Waals surface area contributed by atoms with Crippen molar-refractivity contribution in [3.8, 4) is 11.1 Å². The Morgan fingerprint density at radius 2 is 1.74 bits per heavy atom. The van der Waals surface area contributed by atoms with Crippen LogP contribution >= 0.6 is 0 Å². The number of halogens is 1. The molecule has 136 valence electrons. The third-order valence-corrected chi connectivity index (χ3v) is 4.88. The number of hydrogen-bond acceptors (Lipinski definition) is 2. The molecule has 4 heteroatoms. The quantitative estimate of drug-likeness (QED) is 0.719. The number of benzene rings is 3. The Morgan fingerprint density at radius 1 is 0.963 bits per heavy atom. The average Bonchev–Trinajstić information content (AvgIpc) is 2.69. The number of anilines is 2. The molecule has 0 saturated heterocycles. The Balaban J connectivity index is 1.54. The topological polar surface area (TPSA) is 32.3 Å². The van der Waals surface area contributed by atoms with Crippen molar-refractivity contribution in [1.82, 2.24) is 0 Å². The lowest BCUT2D eigenvalue weighted by Crippen LogP contribution is -2.37. The number of nitrogens with zero attached hydrogens (tertiary/aromatic N) is 1. The molecule has 1 aliphatic heterocycles. The maximum atomic E-state index is 14.3. The summed E-state index contributed by atoms with van der Waals surface area (Å²) in [5.41, 5.74) is 4.31. The number of fused-ring (bicyclic) bond motifs is 1. The fraction of sp³-hybridized carbons (Fsp3) is 0.174. The maximum Gasteiger partial charge on any atom is 0.243 e. The average molecular weight is 360 g/mol. The molecule has 0 atom stereocenters. The predicted octanol–water partition coefficient (Wildman–Crippen LogP) is 4.88. The monoisotopic (exact) mass is 360 g/mol. The molecule has 1 amide bonds. The van der Waals surface area contributed by atoms with E-state index < -0.39 is 0 Å². The van der Waals surface area contributed by atoms with Crippen molar-refractivity contribution >= 4 is 17.3 Å². The molecular formula is C23H21FN2O. The Labute approximate surface area is 158 Å². The van der Waals surface area contributed by atoms with E-state index in [4.69, 9.17) is 0 Å². The maximum absolute atomic E-state index is 14.3. The second kappa shape index (κ2) is 7.62. The van der Waals surface area contributed by atoms with Crippen molar-refractivity contribution < 1.29 is 9.18 Å². The van der Waals surface area contributed by atoms with Crippen LogP contribution in [0.15, 0.2) is 72.8 Å². The molecule has 0 saturated carbocycles. The zero-order valence-corrected chi connectivity index (χ0v) is 15.0. The molecule has 0 bridgehead atoms. The summed E-state index contributed by atoms with van der Waals surface area (Å²) in [6.07, 6.45) is 1.77. The molecule has 1 heterocycles. The predicted molar refractivity (Wildman–Crippen MR) is 107 cm³/mol. The minimum absolute atomic E-state index is 0.136.